The van der Waals surface area contributed by atoms with Gasteiger partial charge in [-0.3, -0.25) is 4.79 Å². The molecule has 0 bridgehead atoms. The molecular weight excluding hydrogens is 608 g/mol. The number of ether oxygens (including phenoxy) is 5. The first-order valence-corrected chi connectivity index (χ1v) is 13.5. The maximum Gasteiger partial charge on any atom is 0.239 e. The summed E-state index contributed by atoms with van der Waals surface area (Å²) in [6.07, 6.45) is -17.2. The Labute approximate surface area is 252 Å². The van der Waals surface area contributed by atoms with E-state index in [0.717, 1.165) is 6.07 Å². The third-order valence-corrected chi connectivity index (χ3v) is 7.56. The van der Waals surface area contributed by atoms with Crippen LogP contribution in [0.1, 0.15) is 0 Å². The zero-order valence-electron chi connectivity index (χ0n) is 23.4. The number of methoxy groups -OCH3 is 1. The Hall–Kier alpha value is -3.75. The molecule has 1 aromatic heterocycles. The maximum atomic E-state index is 13.4. The van der Waals surface area contributed by atoms with E-state index in [1.54, 1.807) is 0 Å². The normalized spacial score (nSPS) is 32.0. The summed E-state index contributed by atoms with van der Waals surface area (Å²) in [7, 11) is 1.18. The van der Waals surface area contributed by atoms with Crippen LogP contribution in [0.5, 0.6) is 28.7 Å². The second kappa shape index (κ2) is 12.9. The maximum absolute atomic E-state index is 13.4. The third-order valence-electron chi connectivity index (χ3n) is 7.56. The molecule has 2 aliphatic rings. The first kappa shape index (κ1) is 32.6. The summed E-state index contributed by atoms with van der Waals surface area (Å²) in [4.78, 5) is 13.4. The van der Waals surface area contributed by atoms with Gasteiger partial charge in [0.1, 0.15) is 65.6 Å². The molecule has 2 aliphatic heterocycles. The Morgan fingerprint density at radius 3 is 2.00 bits per heavy atom. The van der Waals surface area contributed by atoms with E-state index < -0.39 is 103 Å². The van der Waals surface area contributed by atoms with Crippen molar-refractivity contribution >= 4 is 11.0 Å². The molecule has 0 amide bonds. The largest absolute Gasteiger partial charge is 0.508 e. The summed E-state index contributed by atoms with van der Waals surface area (Å²) in [5.74, 6) is -2.96. The van der Waals surface area contributed by atoms with Crippen molar-refractivity contribution in [2.75, 3.05) is 20.3 Å². The van der Waals surface area contributed by atoms with E-state index in [4.69, 9.17) is 28.1 Å². The van der Waals surface area contributed by atoms with Crippen LogP contribution in [0.4, 0.5) is 0 Å². The van der Waals surface area contributed by atoms with Crippen LogP contribution in [0.15, 0.2) is 39.5 Å². The number of phenolic OH excluding ortho intramolecular Hbond substituents is 3. The van der Waals surface area contributed by atoms with Gasteiger partial charge in [-0.2, -0.15) is 0 Å². The van der Waals surface area contributed by atoms with Crippen molar-refractivity contribution in [2.24, 2.45) is 0 Å². The van der Waals surface area contributed by atoms with Gasteiger partial charge in [0.05, 0.1) is 20.3 Å². The molecule has 2 saturated heterocycles. The third kappa shape index (κ3) is 5.98. The van der Waals surface area contributed by atoms with Crippen LogP contribution in [0.2, 0.25) is 0 Å². The van der Waals surface area contributed by atoms with Gasteiger partial charge in [-0.1, -0.05) is 0 Å². The lowest BCUT2D eigenvalue weighted by Crippen LogP contribution is -2.62. The number of aliphatic hydroxyl groups excluding tert-OH is 7. The van der Waals surface area contributed by atoms with Crippen molar-refractivity contribution in [1.29, 1.82) is 0 Å². The predicted octanol–water partition coefficient (Wildman–Crippen LogP) is -2.41. The van der Waals surface area contributed by atoms with Gasteiger partial charge in [0, 0.05) is 11.6 Å². The zero-order valence-corrected chi connectivity index (χ0v) is 23.4. The van der Waals surface area contributed by atoms with Gasteiger partial charge < -0.3 is 79.2 Å². The highest BCUT2D eigenvalue weighted by Crippen LogP contribution is 2.44. The van der Waals surface area contributed by atoms with E-state index >= 15 is 0 Å². The molecule has 17 heteroatoms. The minimum absolute atomic E-state index is 0.0506. The minimum Gasteiger partial charge on any atom is -0.508 e. The van der Waals surface area contributed by atoms with Crippen LogP contribution >= 0.6 is 0 Å². The van der Waals surface area contributed by atoms with E-state index in [-0.39, 0.29) is 22.8 Å². The summed E-state index contributed by atoms with van der Waals surface area (Å²) >= 11 is 0. The molecule has 10 N–H and O–H groups in total. The number of phenols is 3. The van der Waals surface area contributed by atoms with Crippen molar-refractivity contribution in [1.82, 2.24) is 0 Å². The van der Waals surface area contributed by atoms with Gasteiger partial charge in [-0.25, -0.2) is 0 Å². The van der Waals surface area contributed by atoms with Gasteiger partial charge in [0.25, 0.3) is 0 Å². The molecule has 0 aliphatic carbocycles. The van der Waals surface area contributed by atoms with E-state index in [1.165, 1.54) is 31.4 Å². The van der Waals surface area contributed by atoms with Gasteiger partial charge >= 0.3 is 0 Å². The second-order valence-corrected chi connectivity index (χ2v) is 10.5. The monoisotopic (exact) mass is 640 g/mol. The average Bonchev–Trinajstić information content (AvgIpc) is 3.02. The molecule has 246 valence electrons. The Kier molecular flexibility index (Phi) is 9.38. The summed E-state index contributed by atoms with van der Waals surface area (Å²) < 4.78 is 32.6. The van der Waals surface area contributed by atoms with Gasteiger partial charge in [-0.05, 0) is 24.3 Å². The summed E-state index contributed by atoms with van der Waals surface area (Å²) in [6, 6.07) is 6.51. The van der Waals surface area contributed by atoms with Crippen LogP contribution in [-0.4, -0.2) is 133 Å². The molecule has 45 heavy (non-hydrogen) atoms. The van der Waals surface area contributed by atoms with Crippen molar-refractivity contribution in [3.63, 3.8) is 0 Å². The van der Waals surface area contributed by atoms with Crippen molar-refractivity contribution < 1.29 is 79.2 Å². The van der Waals surface area contributed by atoms with Crippen LogP contribution in [0, 0.1) is 0 Å². The zero-order chi connectivity index (χ0) is 32.7. The highest BCUT2D eigenvalue weighted by atomic mass is 16.7. The molecule has 5 rings (SSSR count). The molecule has 2 aromatic carbocycles. The van der Waals surface area contributed by atoms with Crippen molar-refractivity contribution in [3.05, 3.63) is 40.6 Å². The Morgan fingerprint density at radius 2 is 1.38 bits per heavy atom. The molecule has 0 saturated carbocycles. The average molecular weight is 641 g/mol. The molecule has 3 aromatic rings. The fourth-order valence-corrected chi connectivity index (χ4v) is 5.05. The topological polar surface area (TPSA) is 279 Å². The van der Waals surface area contributed by atoms with Crippen molar-refractivity contribution in [3.8, 4) is 40.1 Å². The van der Waals surface area contributed by atoms with Gasteiger partial charge in [0.2, 0.25) is 23.2 Å². The lowest BCUT2D eigenvalue weighted by Gasteiger charge is -2.42. The lowest BCUT2D eigenvalue weighted by molar-refractivity contribution is -0.323. The van der Waals surface area contributed by atoms with Gasteiger partial charge in [0.15, 0.2) is 23.5 Å². The first-order valence-electron chi connectivity index (χ1n) is 13.5. The molecule has 0 spiro atoms. The van der Waals surface area contributed by atoms with Crippen molar-refractivity contribution in [2.45, 2.75) is 61.4 Å². The number of benzene rings is 2. The standard InChI is InChI=1S/C28H32O17/c1-40-26-19(35)15-12(42-24(26)9-2-4-10(30)5-3-9)6-11(31)25(18(15)34)45-28-23(39)21(37)17(33)14(44-28)8-41-27-22(38)20(36)16(32)13(7-29)43-27/h2-6,13-14,16-17,20-23,27-34,36-39H,7-8H2,1H3/t13-,14-,16-,17-,20+,21+,22-,23-,27-,28+/m1/s1. The summed E-state index contributed by atoms with van der Waals surface area (Å²) in [5, 5.41) is 102. The number of rotatable bonds is 8. The SMILES string of the molecule is COc1c(-c2ccc(O)cc2)oc2cc(O)c(O[C@@H]3O[C@H](CO[C@@H]4O[C@H](CO)[C@@H](O)[C@H](O)[C@H]4O)[C@@H](O)[C@H](O)[C@H]3O)c(O)c2c1=O. The fraction of sp³-hybridized carbons (Fsp3) is 0.464. The second-order valence-electron chi connectivity index (χ2n) is 10.5. The Balaban J connectivity index is 1.41. The molecule has 3 heterocycles. The molecule has 2 fully saturated rings. The Bertz CT molecular complexity index is 1560. The first-order chi connectivity index (χ1) is 21.4. The number of aromatic hydroxyl groups is 3. The van der Waals surface area contributed by atoms with Crippen LogP contribution in [0.25, 0.3) is 22.3 Å². The molecule has 10 atom stereocenters. The van der Waals surface area contributed by atoms with E-state index in [0.29, 0.717) is 5.56 Å². The minimum atomic E-state index is -1.97. The van der Waals surface area contributed by atoms with E-state index in [1.807, 2.05) is 0 Å². The smallest absolute Gasteiger partial charge is 0.239 e. The highest BCUT2D eigenvalue weighted by Gasteiger charge is 2.48. The predicted molar refractivity (Wildman–Crippen MR) is 146 cm³/mol. The lowest BCUT2D eigenvalue weighted by atomic mass is 9.98. The molecule has 17 nitrogen and oxygen atoms in total. The number of aliphatic hydroxyl groups is 7. The fourth-order valence-electron chi connectivity index (χ4n) is 5.05. The Morgan fingerprint density at radius 1 is 0.778 bits per heavy atom. The van der Waals surface area contributed by atoms with Crippen LogP contribution < -0.4 is 14.9 Å². The van der Waals surface area contributed by atoms with Crippen LogP contribution in [-0.2, 0) is 14.2 Å². The summed E-state index contributed by atoms with van der Waals surface area (Å²) in [5.41, 5.74) is -0.848. The van der Waals surface area contributed by atoms with E-state index in [2.05, 4.69) is 0 Å². The highest BCUT2D eigenvalue weighted by molar-refractivity contribution is 5.91. The van der Waals surface area contributed by atoms with E-state index in [9.17, 15) is 55.9 Å². The van der Waals surface area contributed by atoms with Gasteiger partial charge in [-0.15, -0.1) is 0 Å². The quantitative estimate of drug-likeness (QED) is 0.123. The number of fused-ring (bicyclic) bond motifs is 1. The molecule has 0 radical (unpaired) electrons. The number of hydrogen-bond acceptors (Lipinski definition) is 17. The van der Waals surface area contributed by atoms with Crippen LogP contribution in [0.3, 0.4) is 0 Å². The molecule has 0 unspecified atom stereocenters. The molecular formula is C28H32O17. The summed E-state index contributed by atoms with van der Waals surface area (Å²) in [6.45, 7) is -1.39. The number of hydrogen-bond donors (Lipinski definition) is 10.